The van der Waals surface area contributed by atoms with Crippen molar-refractivity contribution in [3.63, 3.8) is 0 Å². The van der Waals surface area contributed by atoms with Crippen molar-refractivity contribution in [2.24, 2.45) is 0 Å². The van der Waals surface area contributed by atoms with Crippen LogP contribution < -0.4 is 5.32 Å². The lowest BCUT2D eigenvalue weighted by molar-refractivity contribution is -0.119. The molecule has 1 aromatic carbocycles. The zero-order valence-electron chi connectivity index (χ0n) is 9.83. The largest absolute Gasteiger partial charge is 0.354 e. The van der Waals surface area contributed by atoms with Gasteiger partial charge in [0.2, 0.25) is 5.91 Å². The third-order valence-electron chi connectivity index (χ3n) is 2.42. The summed E-state index contributed by atoms with van der Waals surface area (Å²) in [6.07, 6.45) is 0. The van der Waals surface area contributed by atoms with Crippen LogP contribution in [0.5, 0.6) is 0 Å². The summed E-state index contributed by atoms with van der Waals surface area (Å²) in [4.78, 5) is 12.9. The van der Waals surface area contributed by atoms with Gasteiger partial charge >= 0.3 is 0 Å². The van der Waals surface area contributed by atoms with Gasteiger partial charge in [0.05, 0.1) is 6.04 Å². The molecular weight excluding hydrogens is 207 g/mol. The van der Waals surface area contributed by atoms with Crippen LogP contribution in [0.15, 0.2) is 24.3 Å². The van der Waals surface area contributed by atoms with Gasteiger partial charge in [0, 0.05) is 13.5 Å². The van der Waals surface area contributed by atoms with Crippen molar-refractivity contribution in [3.05, 3.63) is 35.6 Å². The summed E-state index contributed by atoms with van der Waals surface area (Å²) in [5, 5.41) is 2.77. The van der Waals surface area contributed by atoms with E-state index in [0.717, 1.165) is 5.56 Å². The van der Waals surface area contributed by atoms with Crippen LogP contribution in [0.2, 0.25) is 0 Å². The topological polar surface area (TPSA) is 32.3 Å². The first-order valence-corrected chi connectivity index (χ1v) is 5.17. The molecule has 0 aromatic heterocycles. The normalized spacial score (nSPS) is 12.6. The summed E-state index contributed by atoms with van der Waals surface area (Å²) in [5.41, 5.74) is 0.986. The van der Waals surface area contributed by atoms with Crippen molar-refractivity contribution >= 4 is 5.91 Å². The summed E-state index contributed by atoms with van der Waals surface area (Å²) in [6, 6.07) is 6.40. The van der Waals surface area contributed by atoms with Crippen molar-refractivity contribution in [1.29, 1.82) is 0 Å². The van der Waals surface area contributed by atoms with Gasteiger partial charge in [-0.25, -0.2) is 4.39 Å². The SMILES string of the molecule is CC(=O)NC[C@H](c1ccc(F)cc1)N(C)C. The van der Waals surface area contributed by atoms with Gasteiger partial charge in [-0.1, -0.05) is 12.1 Å². The van der Waals surface area contributed by atoms with Crippen LogP contribution in [0.25, 0.3) is 0 Å². The van der Waals surface area contributed by atoms with Crippen LogP contribution in [-0.2, 0) is 4.79 Å². The molecule has 1 atom stereocenters. The van der Waals surface area contributed by atoms with Crippen LogP contribution >= 0.6 is 0 Å². The predicted molar refractivity (Wildman–Crippen MR) is 61.5 cm³/mol. The number of rotatable bonds is 4. The first kappa shape index (κ1) is 12.6. The average Bonchev–Trinajstić information content (AvgIpc) is 2.20. The number of hydrogen-bond acceptors (Lipinski definition) is 2. The minimum atomic E-state index is -0.249. The van der Waals surface area contributed by atoms with E-state index in [2.05, 4.69) is 5.32 Å². The predicted octanol–water partition coefficient (Wildman–Crippen LogP) is 1.56. The summed E-state index contributed by atoms with van der Waals surface area (Å²) in [6.45, 7) is 2.01. The Morgan fingerprint density at radius 2 is 1.94 bits per heavy atom. The number of likely N-dealkylation sites (N-methyl/N-ethyl adjacent to an activating group) is 1. The van der Waals surface area contributed by atoms with E-state index < -0.39 is 0 Å². The van der Waals surface area contributed by atoms with Gasteiger partial charge in [0.25, 0.3) is 0 Å². The lowest BCUT2D eigenvalue weighted by Crippen LogP contribution is -2.33. The molecule has 0 fully saturated rings. The molecule has 0 unspecified atom stereocenters. The molecule has 1 amide bonds. The second-order valence-electron chi connectivity index (χ2n) is 3.97. The second-order valence-corrected chi connectivity index (χ2v) is 3.97. The van der Waals surface area contributed by atoms with Crippen molar-refractivity contribution in [1.82, 2.24) is 10.2 Å². The smallest absolute Gasteiger partial charge is 0.216 e. The highest BCUT2D eigenvalue weighted by molar-refractivity contribution is 5.72. The first-order valence-electron chi connectivity index (χ1n) is 5.17. The average molecular weight is 224 g/mol. The van der Waals surface area contributed by atoms with Gasteiger partial charge in [0.15, 0.2) is 0 Å². The molecule has 0 heterocycles. The Morgan fingerprint density at radius 1 is 1.38 bits per heavy atom. The van der Waals surface area contributed by atoms with Crippen LogP contribution in [0.3, 0.4) is 0 Å². The number of carbonyl (C=O) groups excluding carboxylic acids is 1. The summed E-state index contributed by atoms with van der Waals surface area (Å²) in [5.74, 6) is -0.310. The zero-order valence-corrected chi connectivity index (χ0v) is 9.83. The highest BCUT2D eigenvalue weighted by Crippen LogP contribution is 2.17. The number of amides is 1. The Bertz CT molecular complexity index is 349. The maximum absolute atomic E-state index is 12.8. The lowest BCUT2D eigenvalue weighted by atomic mass is 10.1. The van der Waals surface area contributed by atoms with Crippen molar-refractivity contribution in [2.75, 3.05) is 20.6 Å². The van der Waals surface area contributed by atoms with E-state index in [1.165, 1.54) is 19.1 Å². The summed E-state index contributed by atoms with van der Waals surface area (Å²) < 4.78 is 12.8. The van der Waals surface area contributed by atoms with E-state index in [1.54, 1.807) is 12.1 Å². The number of benzene rings is 1. The van der Waals surface area contributed by atoms with Gasteiger partial charge in [-0.15, -0.1) is 0 Å². The molecule has 0 bridgehead atoms. The van der Waals surface area contributed by atoms with E-state index in [4.69, 9.17) is 0 Å². The molecule has 1 rings (SSSR count). The molecule has 0 saturated carbocycles. The van der Waals surface area contributed by atoms with E-state index in [1.807, 2.05) is 19.0 Å². The van der Waals surface area contributed by atoms with Crippen molar-refractivity contribution < 1.29 is 9.18 Å². The maximum atomic E-state index is 12.8. The number of halogens is 1. The minimum absolute atomic E-state index is 0.0597. The molecule has 0 aliphatic rings. The van der Waals surface area contributed by atoms with Gasteiger partial charge in [0.1, 0.15) is 5.82 Å². The van der Waals surface area contributed by atoms with Gasteiger partial charge in [-0.05, 0) is 31.8 Å². The molecule has 1 aromatic rings. The Kier molecular flexibility index (Phi) is 4.43. The molecule has 1 N–H and O–H groups in total. The molecule has 0 aliphatic carbocycles. The van der Waals surface area contributed by atoms with Crippen molar-refractivity contribution in [2.45, 2.75) is 13.0 Å². The monoisotopic (exact) mass is 224 g/mol. The molecule has 4 heteroatoms. The quantitative estimate of drug-likeness (QED) is 0.842. The second kappa shape index (κ2) is 5.61. The standard InChI is InChI=1S/C12H17FN2O/c1-9(16)14-8-12(15(2)3)10-4-6-11(13)7-5-10/h4-7,12H,8H2,1-3H3,(H,14,16)/t12-/m1/s1. The van der Waals surface area contributed by atoms with E-state index in [9.17, 15) is 9.18 Å². The molecule has 0 radical (unpaired) electrons. The molecule has 16 heavy (non-hydrogen) atoms. The summed E-state index contributed by atoms with van der Waals surface area (Å²) >= 11 is 0. The lowest BCUT2D eigenvalue weighted by Gasteiger charge is -2.24. The first-order chi connectivity index (χ1) is 7.50. The molecule has 0 aliphatic heterocycles. The Balaban J connectivity index is 2.77. The minimum Gasteiger partial charge on any atom is -0.354 e. The molecular formula is C12H17FN2O. The van der Waals surface area contributed by atoms with E-state index >= 15 is 0 Å². The third kappa shape index (κ3) is 3.62. The molecule has 3 nitrogen and oxygen atoms in total. The number of carbonyl (C=O) groups is 1. The van der Waals surface area contributed by atoms with Gasteiger partial charge in [-0.2, -0.15) is 0 Å². The summed E-state index contributed by atoms with van der Waals surface area (Å²) in [7, 11) is 3.85. The molecule has 0 spiro atoms. The van der Waals surface area contributed by atoms with Crippen LogP contribution in [-0.4, -0.2) is 31.4 Å². The Morgan fingerprint density at radius 3 is 2.38 bits per heavy atom. The third-order valence-corrected chi connectivity index (χ3v) is 2.42. The van der Waals surface area contributed by atoms with Gasteiger partial charge in [-0.3, -0.25) is 4.79 Å². The van der Waals surface area contributed by atoms with E-state index in [0.29, 0.717) is 6.54 Å². The van der Waals surface area contributed by atoms with E-state index in [-0.39, 0.29) is 17.8 Å². The number of nitrogens with one attached hydrogen (secondary N) is 1. The number of hydrogen-bond donors (Lipinski definition) is 1. The molecule has 0 saturated heterocycles. The fourth-order valence-corrected chi connectivity index (χ4v) is 1.52. The molecule has 88 valence electrons. The van der Waals surface area contributed by atoms with Crippen LogP contribution in [0, 0.1) is 5.82 Å². The fourth-order valence-electron chi connectivity index (χ4n) is 1.52. The van der Waals surface area contributed by atoms with Crippen molar-refractivity contribution in [3.8, 4) is 0 Å². The van der Waals surface area contributed by atoms with Crippen LogP contribution in [0.4, 0.5) is 4.39 Å². The Hall–Kier alpha value is -1.42. The van der Waals surface area contributed by atoms with Gasteiger partial charge < -0.3 is 10.2 Å². The number of nitrogens with zero attached hydrogens (tertiary/aromatic N) is 1. The zero-order chi connectivity index (χ0) is 12.1. The van der Waals surface area contributed by atoms with Crippen LogP contribution in [0.1, 0.15) is 18.5 Å². The highest BCUT2D eigenvalue weighted by atomic mass is 19.1. The highest BCUT2D eigenvalue weighted by Gasteiger charge is 2.14. The Labute approximate surface area is 95.3 Å². The maximum Gasteiger partial charge on any atom is 0.216 e. The fraction of sp³-hybridized carbons (Fsp3) is 0.417.